The molecule has 0 aliphatic rings. The number of hydrogen-bond acceptors (Lipinski definition) is 3. The summed E-state index contributed by atoms with van der Waals surface area (Å²) < 4.78 is 6.62. The normalized spacial score (nSPS) is 10.5. The molecule has 1 amide bonds. The van der Waals surface area contributed by atoms with Gasteiger partial charge in [-0.15, -0.1) is 11.8 Å². The maximum absolute atomic E-state index is 12.7. The van der Waals surface area contributed by atoms with E-state index in [-0.39, 0.29) is 5.91 Å². The monoisotopic (exact) mass is 455 g/mol. The van der Waals surface area contributed by atoms with Crippen LogP contribution in [0.1, 0.15) is 28.4 Å². The van der Waals surface area contributed by atoms with Crippen molar-refractivity contribution in [1.29, 1.82) is 0 Å². The van der Waals surface area contributed by atoms with Gasteiger partial charge < -0.3 is 10.1 Å². The highest BCUT2D eigenvalue weighted by Gasteiger charge is 2.12. The number of halogens is 1. The fourth-order valence-electron chi connectivity index (χ4n) is 2.68. The maximum atomic E-state index is 12.7. The summed E-state index contributed by atoms with van der Waals surface area (Å²) in [7, 11) is 0. The lowest BCUT2D eigenvalue weighted by Crippen LogP contribution is -2.13. The van der Waals surface area contributed by atoms with E-state index in [9.17, 15) is 4.79 Å². The molecule has 0 bridgehead atoms. The van der Waals surface area contributed by atoms with Crippen LogP contribution in [0, 0.1) is 6.92 Å². The number of benzene rings is 3. The zero-order valence-electron chi connectivity index (χ0n) is 15.9. The quantitative estimate of drug-likeness (QED) is 0.402. The van der Waals surface area contributed by atoms with E-state index in [2.05, 4.69) is 52.4 Å². The molecule has 0 atom stereocenters. The summed E-state index contributed by atoms with van der Waals surface area (Å²) in [4.78, 5) is 13.9. The number of nitrogens with one attached hydrogen (secondary N) is 1. The lowest BCUT2D eigenvalue weighted by Gasteiger charge is -2.13. The van der Waals surface area contributed by atoms with Gasteiger partial charge in [0.2, 0.25) is 0 Å². The molecule has 0 spiro atoms. The molecule has 3 aromatic carbocycles. The minimum Gasteiger partial charge on any atom is -0.494 e. The van der Waals surface area contributed by atoms with Gasteiger partial charge in [-0.3, -0.25) is 4.79 Å². The smallest absolute Gasteiger partial charge is 0.255 e. The Morgan fingerprint density at radius 1 is 1.07 bits per heavy atom. The Hall–Kier alpha value is -2.24. The number of anilines is 1. The van der Waals surface area contributed by atoms with Crippen LogP contribution in [0.3, 0.4) is 0 Å². The maximum Gasteiger partial charge on any atom is 0.255 e. The minimum absolute atomic E-state index is 0.142. The Morgan fingerprint density at radius 2 is 1.82 bits per heavy atom. The Labute approximate surface area is 178 Å². The van der Waals surface area contributed by atoms with Crippen molar-refractivity contribution in [2.45, 2.75) is 24.5 Å². The standard InChI is InChI=1S/C23H22BrNO2S/c1-3-27-22-13-10-17(23(26)25-21-7-5-4-6-20(21)24)14-18(22)15-28-19-11-8-16(2)9-12-19/h4-14H,3,15H2,1-2H3,(H,25,26). The van der Waals surface area contributed by atoms with E-state index >= 15 is 0 Å². The summed E-state index contributed by atoms with van der Waals surface area (Å²) in [6.45, 7) is 4.63. The second-order valence-corrected chi connectivity index (χ2v) is 8.19. The number of ether oxygens (including phenoxy) is 1. The Morgan fingerprint density at radius 3 is 2.54 bits per heavy atom. The summed E-state index contributed by atoms with van der Waals surface area (Å²) in [6, 6.07) is 21.6. The summed E-state index contributed by atoms with van der Waals surface area (Å²) >= 11 is 5.19. The van der Waals surface area contributed by atoms with E-state index in [1.165, 1.54) is 10.5 Å². The van der Waals surface area contributed by atoms with Crippen LogP contribution in [0.25, 0.3) is 0 Å². The molecule has 3 rings (SSSR count). The third kappa shape index (κ3) is 5.40. The van der Waals surface area contributed by atoms with Gasteiger partial charge in [-0.05, 0) is 72.2 Å². The van der Waals surface area contributed by atoms with Gasteiger partial charge in [-0.2, -0.15) is 0 Å². The molecule has 0 saturated carbocycles. The molecule has 0 saturated heterocycles. The molecule has 0 aromatic heterocycles. The predicted molar refractivity (Wildman–Crippen MR) is 120 cm³/mol. The number of para-hydroxylation sites is 1. The Kier molecular flexibility index (Phi) is 7.18. The fraction of sp³-hybridized carbons (Fsp3) is 0.174. The molecule has 0 radical (unpaired) electrons. The first-order chi connectivity index (χ1) is 13.6. The Balaban J connectivity index is 1.79. The van der Waals surface area contributed by atoms with Gasteiger partial charge in [0.1, 0.15) is 5.75 Å². The van der Waals surface area contributed by atoms with Crippen molar-refractivity contribution < 1.29 is 9.53 Å². The zero-order chi connectivity index (χ0) is 19.9. The van der Waals surface area contributed by atoms with Crippen molar-refractivity contribution in [1.82, 2.24) is 0 Å². The molecule has 0 fully saturated rings. The lowest BCUT2D eigenvalue weighted by molar-refractivity contribution is 0.102. The summed E-state index contributed by atoms with van der Waals surface area (Å²) in [5.74, 6) is 1.41. The first-order valence-electron chi connectivity index (χ1n) is 9.08. The van der Waals surface area contributed by atoms with Gasteiger partial charge in [0.15, 0.2) is 0 Å². The molecule has 28 heavy (non-hydrogen) atoms. The molecular weight excluding hydrogens is 434 g/mol. The van der Waals surface area contributed by atoms with Crippen LogP contribution >= 0.6 is 27.7 Å². The number of hydrogen-bond donors (Lipinski definition) is 1. The van der Waals surface area contributed by atoms with Crippen LogP contribution < -0.4 is 10.1 Å². The number of thioether (sulfide) groups is 1. The van der Waals surface area contributed by atoms with Crippen LogP contribution in [0.15, 0.2) is 76.1 Å². The van der Waals surface area contributed by atoms with Gasteiger partial charge in [-0.1, -0.05) is 29.8 Å². The fourth-order valence-corrected chi connectivity index (χ4v) is 3.94. The van der Waals surface area contributed by atoms with E-state index in [0.717, 1.165) is 27.2 Å². The average Bonchev–Trinajstić information content (AvgIpc) is 2.70. The molecule has 5 heteroatoms. The van der Waals surface area contributed by atoms with E-state index in [1.807, 2.05) is 43.3 Å². The topological polar surface area (TPSA) is 38.3 Å². The number of carbonyl (C=O) groups excluding carboxylic acids is 1. The third-order valence-corrected chi connectivity index (χ3v) is 5.91. The molecule has 0 heterocycles. The van der Waals surface area contributed by atoms with Crippen molar-refractivity contribution in [3.63, 3.8) is 0 Å². The van der Waals surface area contributed by atoms with E-state index in [1.54, 1.807) is 17.8 Å². The molecule has 0 aliphatic carbocycles. The first-order valence-corrected chi connectivity index (χ1v) is 10.9. The lowest BCUT2D eigenvalue weighted by atomic mass is 10.1. The molecule has 0 aliphatic heterocycles. The van der Waals surface area contributed by atoms with Crippen LogP contribution in [-0.2, 0) is 5.75 Å². The van der Waals surface area contributed by atoms with Crippen molar-refractivity contribution in [2.24, 2.45) is 0 Å². The second kappa shape index (κ2) is 9.80. The average molecular weight is 456 g/mol. The van der Waals surface area contributed by atoms with Gasteiger partial charge >= 0.3 is 0 Å². The Bertz CT molecular complexity index is 957. The van der Waals surface area contributed by atoms with Crippen LogP contribution in [0.2, 0.25) is 0 Å². The largest absolute Gasteiger partial charge is 0.494 e. The highest BCUT2D eigenvalue weighted by Crippen LogP contribution is 2.30. The predicted octanol–water partition coefficient (Wildman–Crippen LogP) is 6.70. The molecule has 144 valence electrons. The minimum atomic E-state index is -0.142. The number of carbonyl (C=O) groups is 1. The molecule has 0 unspecified atom stereocenters. The van der Waals surface area contributed by atoms with Gasteiger partial charge in [0, 0.05) is 26.2 Å². The van der Waals surface area contributed by atoms with Gasteiger partial charge in [0.05, 0.1) is 12.3 Å². The number of amides is 1. The molecule has 3 nitrogen and oxygen atoms in total. The zero-order valence-corrected chi connectivity index (χ0v) is 18.3. The van der Waals surface area contributed by atoms with Crippen molar-refractivity contribution in [3.8, 4) is 5.75 Å². The third-order valence-electron chi connectivity index (χ3n) is 4.16. The van der Waals surface area contributed by atoms with E-state index in [4.69, 9.17) is 4.74 Å². The molecular formula is C23H22BrNO2S. The van der Waals surface area contributed by atoms with Crippen LogP contribution in [-0.4, -0.2) is 12.5 Å². The van der Waals surface area contributed by atoms with Crippen LogP contribution in [0.5, 0.6) is 5.75 Å². The molecule has 3 aromatic rings. The van der Waals surface area contributed by atoms with E-state index in [0.29, 0.717) is 12.2 Å². The van der Waals surface area contributed by atoms with Gasteiger partial charge in [0.25, 0.3) is 5.91 Å². The van der Waals surface area contributed by atoms with E-state index < -0.39 is 0 Å². The van der Waals surface area contributed by atoms with Crippen molar-refractivity contribution in [2.75, 3.05) is 11.9 Å². The van der Waals surface area contributed by atoms with Gasteiger partial charge in [-0.25, -0.2) is 0 Å². The summed E-state index contributed by atoms with van der Waals surface area (Å²) in [5, 5.41) is 2.95. The highest BCUT2D eigenvalue weighted by molar-refractivity contribution is 9.10. The van der Waals surface area contributed by atoms with Crippen LogP contribution in [0.4, 0.5) is 5.69 Å². The second-order valence-electron chi connectivity index (χ2n) is 6.29. The van der Waals surface area contributed by atoms with Crippen molar-refractivity contribution in [3.05, 3.63) is 87.9 Å². The van der Waals surface area contributed by atoms with Crippen molar-refractivity contribution >= 4 is 39.3 Å². The SMILES string of the molecule is CCOc1ccc(C(=O)Nc2ccccc2Br)cc1CSc1ccc(C)cc1. The molecule has 1 N–H and O–H groups in total. The number of aryl methyl sites for hydroxylation is 1. The highest BCUT2D eigenvalue weighted by atomic mass is 79.9. The number of rotatable bonds is 7. The first kappa shape index (κ1) is 20.5. The summed E-state index contributed by atoms with van der Waals surface area (Å²) in [5.41, 5.74) is 3.60. The summed E-state index contributed by atoms with van der Waals surface area (Å²) in [6.07, 6.45) is 0.